The summed E-state index contributed by atoms with van der Waals surface area (Å²) >= 11 is 0. The van der Waals surface area contributed by atoms with Gasteiger partial charge in [-0.2, -0.15) is 0 Å². The summed E-state index contributed by atoms with van der Waals surface area (Å²) in [4.78, 5) is 16.3. The Kier molecular flexibility index (Phi) is 5.94. The van der Waals surface area contributed by atoms with Gasteiger partial charge in [0.1, 0.15) is 17.3 Å². The number of hydrogen-bond acceptors (Lipinski definition) is 4. The lowest BCUT2D eigenvalue weighted by Crippen LogP contribution is -2.08. The van der Waals surface area contributed by atoms with Crippen LogP contribution in [-0.2, 0) is 0 Å². The first-order valence-electron chi connectivity index (χ1n) is 8.49. The fourth-order valence-electron chi connectivity index (χ4n) is 2.34. The van der Waals surface area contributed by atoms with Crippen molar-refractivity contribution in [2.75, 3.05) is 6.61 Å². The van der Waals surface area contributed by atoms with Crippen molar-refractivity contribution in [1.29, 1.82) is 0 Å². The maximum atomic E-state index is 13.5. The second kappa shape index (κ2) is 8.76. The van der Waals surface area contributed by atoms with E-state index in [1.807, 2.05) is 6.92 Å². The molecule has 0 bridgehead atoms. The van der Waals surface area contributed by atoms with Crippen LogP contribution >= 0.6 is 0 Å². The molecule has 3 aromatic carbocycles. The number of aliphatic imine (C=N–C) groups is 1. The third kappa shape index (κ3) is 5.01. The van der Waals surface area contributed by atoms with Crippen LogP contribution in [0.25, 0.3) is 0 Å². The van der Waals surface area contributed by atoms with Gasteiger partial charge in [0.05, 0.1) is 17.9 Å². The number of rotatable bonds is 6. The lowest BCUT2D eigenvalue weighted by atomic mass is 10.2. The zero-order valence-corrected chi connectivity index (χ0v) is 14.8. The van der Waals surface area contributed by atoms with Crippen molar-refractivity contribution in [1.82, 2.24) is 0 Å². The third-order valence-corrected chi connectivity index (χ3v) is 3.70. The predicted molar refractivity (Wildman–Crippen MR) is 103 cm³/mol. The number of para-hydroxylation sites is 1. The molecule has 0 fully saturated rings. The number of carbonyl (C=O) groups is 1. The second-order valence-electron chi connectivity index (χ2n) is 5.63. The Labute approximate surface area is 156 Å². The second-order valence-corrected chi connectivity index (χ2v) is 5.63. The predicted octanol–water partition coefficient (Wildman–Crippen LogP) is 5.19. The Morgan fingerprint density at radius 1 is 0.963 bits per heavy atom. The molecule has 0 aliphatic rings. The topological polar surface area (TPSA) is 47.9 Å². The van der Waals surface area contributed by atoms with Crippen LogP contribution in [-0.4, -0.2) is 18.8 Å². The van der Waals surface area contributed by atoms with Gasteiger partial charge in [-0.25, -0.2) is 9.18 Å². The number of ether oxygens (including phenoxy) is 2. The van der Waals surface area contributed by atoms with Gasteiger partial charge in [-0.3, -0.25) is 4.99 Å². The lowest BCUT2D eigenvalue weighted by Gasteiger charge is -2.06. The SMILES string of the molecule is CCOc1ccc(C(=O)Oc2ccc(C=Nc3ccccc3F)cc2)cc1. The van der Waals surface area contributed by atoms with Gasteiger partial charge in [-0.15, -0.1) is 0 Å². The van der Waals surface area contributed by atoms with E-state index in [0.29, 0.717) is 23.7 Å². The summed E-state index contributed by atoms with van der Waals surface area (Å²) < 4.78 is 24.2. The Morgan fingerprint density at radius 2 is 1.63 bits per heavy atom. The lowest BCUT2D eigenvalue weighted by molar-refractivity contribution is 0.0734. The molecule has 0 saturated heterocycles. The molecular weight excluding hydrogens is 345 g/mol. The van der Waals surface area contributed by atoms with E-state index in [1.165, 1.54) is 6.07 Å². The van der Waals surface area contributed by atoms with Crippen molar-refractivity contribution < 1.29 is 18.7 Å². The molecule has 0 aliphatic carbocycles. The minimum atomic E-state index is -0.453. The highest BCUT2D eigenvalue weighted by molar-refractivity contribution is 5.91. The molecular formula is C22H18FNO3. The Hall–Kier alpha value is -3.47. The van der Waals surface area contributed by atoms with E-state index in [0.717, 1.165) is 5.56 Å². The van der Waals surface area contributed by atoms with E-state index < -0.39 is 5.97 Å². The van der Waals surface area contributed by atoms with Gasteiger partial charge in [-0.05, 0) is 73.2 Å². The van der Waals surface area contributed by atoms with Crippen molar-refractivity contribution in [2.24, 2.45) is 4.99 Å². The minimum absolute atomic E-state index is 0.267. The van der Waals surface area contributed by atoms with Crippen LogP contribution in [0.3, 0.4) is 0 Å². The van der Waals surface area contributed by atoms with E-state index in [-0.39, 0.29) is 11.5 Å². The Balaban J connectivity index is 1.63. The molecule has 0 radical (unpaired) electrons. The maximum Gasteiger partial charge on any atom is 0.343 e. The zero-order valence-electron chi connectivity index (χ0n) is 14.8. The number of nitrogens with zero attached hydrogens (tertiary/aromatic N) is 1. The van der Waals surface area contributed by atoms with Crippen molar-refractivity contribution >= 4 is 17.9 Å². The van der Waals surface area contributed by atoms with Gasteiger partial charge in [0.25, 0.3) is 0 Å². The van der Waals surface area contributed by atoms with Gasteiger partial charge in [0.15, 0.2) is 0 Å². The molecule has 5 heteroatoms. The number of hydrogen-bond donors (Lipinski definition) is 0. The fourth-order valence-corrected chi connectivity index (χ4v) is 2.34. The molecule has 0 spiro atoms. The van der Waals surface area contributed by atoms with E-state index in [4.69, 9.17) is 9.47 Å². The summed E-state index contributed by atoms with van der Waals surface area (Å²) in [7, 11) is 0. The van der Waals surface area contributed by atoms with Crippen LogP contribution in [0.2, 0.25) is 0 Å². The summed E-state index contributed by atoms with van der Waals surface area (Å²) in [5, 5.41) is 0. The highest BCUT2D eigenvalue weighted by Gasteiger charge is 2.08. The first-order valence-corrected chi connectivity index (χ1v) is 8.49. The Morgan fingerprint density at radius 3 is 2.30 bits per heavy atom. The first-order chi connectivity index (χ1) is 13.2. The fraction of sp³-hybridized carbons (Fsp3) is 0.0909. The van der Waals surface area contributed by atoms with E-state index >= 15 is 0 Å². The van der Waals surface area contributed by atoms with Gasteiger partial charge in [0.2, 0.25) is 0 Å². The minimum Gasteiger partial charge on any atom is -0.494 e. The molecule has 27 heavy (non-hydrogen) atoms. The largest absolute Gasteiger partial charge is 0.494 e. The summed E-state index contributed by atoms with van der Waals surface area (Å²) in [6, 6.07) is 19.9. The van der Waals surface area contributed by atoms with Gasteiger partial charge in [0, 0.05) is 6.21 Å². The summed E-state index contributed by atoms with van der Waals surface area (Å²) in [5.41, 5.74) is 1.46. The van der Waals surface area contributed by atoms with Crippen molar-refractivity contribution in [3.8, 4) is 11.5 Å². The Bertz CT molecular complexity index is 935. The molecule has 0 N–H and O–H groups in total. The van der Waals surface area contributed by atoms with Crippen molar-refractivity contribution in [2.45, 2.75) is 6.92 Å². The normalized spacial score (nSPS) is 10.7. The molecule has 0 amide bonds. The van der Waals surface area contributed by atoms with Gasteiger partial charge < -0.3 is 9.47 Å². The molecule has 0 unspecified atom stereocenters. The molecule has 3 rings (SSSR count). The molecule has 0 heterocycles. The van der Waals surface area contributed by atoms with E-state index in [2.05, 4.69) is 4.99 Å². The number of esters is 1. The molecule has 0 atom stereocenters. The summed E-state index contributed by atoms with van der Waals surface area (Å²) in [6.45, 7) is 2.46. The average molecular weight is 363 g/mol. The van der Waals surface area contributed by atoms with E-state index in [1.54, 1.807) is 72.9 Å². The number of halogens is 1. The highest BCUT2D eigenvalue weighted by atomic mass is 19.1. The molecule has 0 saturated carbocycles. The van der Waals surface area contributed by atoms with Crippen LogP contribution in [0.1, 0.15) is 22.8 Å². The molecule has 3 aromatic rings. The smallest absolute Gasteiger partial charge is 0.343 e. The first kappa shape index (κ1) is 18.3. The highest BCUT2D eigenvalue weighted by Crippen LogP contribution is 2.18. The summed E-state index contributed by atoms with van der Waals surface area (Å²) in [6.07, 6.45) is 1.55. The van der Waals surface area contributed by atoms with Gasteiger partial charge >= 0.3 is 5.97 Å². The van der Waals surface area contributed by atoms with Crippen LogP contribution in [0.4, 0.5) is 10.1 Å². The standard InChI is InChI=1S/C22H18FNO3/c1-2-26-18-13-9-17(10-14-18)22(25)27-19-11-7-16(8-12-19)15-24-21-6-4-3-5-20(21)23/h3-15H,2H2,1H3. The van der Waals surface area contributed by atoms with Crippen LogP contribution < -0.4 is 9.47 Å². The quantitative estimate of drug-likeness (QED) is 0.344. The van der Waals surface area contributed by atoms with Crippen molar-refractivity contribution in [3.63, 3.8) is 0 Å². The van der Waals surface area contributed by atoms with Crippen LogP contribution in [0.15, 0.2) is 77.8 Å². The maximum absolute atomic E-state index is 13.5. The molecule has 0 aromatic heterocycles. The number of benzene rings is 3. The molecule has 0 aliphatic heterocycles. The monoisotopic (exact) mass is 363 g/mol. The summed E-state index contributed by atoms with van der Waals surface area (Å²) in [5.74, 6) is 0.282. The zero-order chi connectivity index (χ0) is 19.1. The van der Waals surface area contributed by atoms with Crippen LogP contribution in [0, 0.1) is 5.82 Å². The third-order valence-electron chi connectivity index (χ3n) is 3.70. The van der Waals surface area contributed by atoms with Crippen molar-refractivity contribution in [3.05, 3.63) is 89.7 Å². The van der Waals surface area contributed by atoms with Gasteiger partial charge in [-0.1, -0.05) is 12.1 Å². The molecule has 136 valence electrons. The molecule has 4 nitrogen and oxygen atoms in total. The number of carbonyl (C=O) groups excluding carboxylic acids is 1. The average Bonchev–Trinajstić information content (AvgIpc) is 2.69. The van der Waals surface area contributed by atoms with E-state index in [9.17, 15) is 9.18 Å². The van der Waals surface area contributed by atoms with Crippen LogP contribution in [0.5, 0.6) is 11.5 Å².